The first-order valence-corrected chi connectivity index (χ1v) is 8.40. The van der Waals surface area contributed by atoms with E-state index in [0.29, 0.717) is 28.9 Å². The highest BCUT2D eigenvalue weighted by atomic mass is 32.1. The van der Waals surface area contributed by atoms with Crippen molar-refractivity contribution in [3.63, 3.8) is 0 Å². The summed E-state index contributed by atoms with van der Waals surface area (Å²) < 4.78 is 10.7. The summed E-state index contributed by atoms with van der Waals surface area (Å²) in [7, 11) is 0. The maximum Gasteiger partial charge on any atom is 0.241 e. The van der Waals surface area contributed by atoms with Gasteiger partial charge in [0.15, 0.2) is 11.5 Å². The Hall–Kier alpha value is -1.73. The number of hydrogen-bond acceptors (Lipinski definition) is 5. The molecule has 0 aromatic rings. The Morgan fingerprint density at radius 1 is 1.35 bits per heavy atom. The van der Waals surface area contributed by atoms with Gasteiger partial charge < -0.3 is 14.4 Å². The van der Waals surface area contributed by atoms with Crippen molar-refractivity contribution in [2.24, 2.45) is 10.9 Å². The number of fused-ring (bicyclic) bond motifs is 2. The highest BCUT2D eigenvalue weighted by Crippen LogP contribution is 2.31. The Kier molecular flexibility index (Phi) is 4.77. The van der Waals surface area contributed by atoms with Gasteiger partial charge in [0.25, 0.3) is 0 Å². The first-order valence-electron chi connectivity index (χ1n) is 7.99. The van der Waals surface area contributed by atoms with Crippen LogP contribution >= 0.6 is 12.2 Å². The Morgan fingerprint density at radius 3 is 2.83 bits per heavy atom. The number of ether oxygens (including phenoxy) is 2. The van der Waals surface area contributed by atoms with Gasteiger partial charge in [-0.3, -0.25) is 9.69 Å². The van der Waals surface area contributed by atoms with Gasteiger partial charge in [0, 0.05) is 12.6 Å². The number of amides is 1. The number of aliphatic imine (C=N–C) groups is 1. The van der Waals surface area contributed by atoms with Gasteiger partial charge in [0.2, 0.25) is 17.8 Å². The molecule has 6 nitrogen and oxygen atoms in total. The number of allylic oxidation sites excluding steroid dienone is 1. The van der Waals surface area contributed by atoms with Crippen molar-refractivity contribution in [3.8, 4) is 0 Å². The fourth-order valence-corrected chi connectivity index (χ4v) is 3.22. The monoisotopic (exact) mass is 335 g/mol. The van der Waals surface area contributed by atoms with E-state index in [-0.39, 0.29) is 12.7 Å². The van der Waals surface area contributed by atoms with Crippen LogP contribution in [0, 0.1) is 5.92 Å². The number of carbonyl (C=O) groups excluding carboxylic acids is 1. The van der Waals surface area contributed by atoms with E-state index in [1.807, 2.05) is 0 Å². The molecule has 0 saturated carbocycles. The minimum absolute atomic E-state index is 0.0298. The number of rotatable bonds is 6. The number of thiocarbonyl (C=S) groups is 1. The van der Waals surface area contributed by atoms with Crippen LogP contribution in [0.2, 0.25) is 0 Å². The lowest BCUT2D eigenvalue weighted by molar-refractivity contribution is -0.128. The molecule has 1 fully saturated rings. The van der Waals surface area contributed by atoms with Crippen LogP contribution in [-0.2, 0) is 14.3 Å². The molecule has 1 unspecified atom stereocenters. The van der Waals surface area contributed by atoms with Crippen LogP contribution in [0.1, 0.15) is 20.3 Å². The van der Waals surface area contributed by atoms with E-state index in [9.17, 15) is 4.79 Å². The van der Waals surface area contributed by atoms with Gasteiger partial charge in [-0.1, -0.05) is 13.8 Å². The molecule has 1 aliphatic carbocycles. The summed E-state index contributed by atoms with van der Waals surface area (Å²) in [6, 6.07) is 0. The summed E-state index contributed by atoms with van der Waals surface area (Å²) in [6.45, 7) is 8.02. The number of nitrogens with zero attached hydrogens (tertiary/aromatic N) is 3. The fraction of sp³-hybridized carbons (Fsp3) is 0.562. The van der Waals surface area contributed by atoms with E-state index >= 15 is 0 Å². The van der Waals surface area contributed by atoms with Crippen molar-refractivity contribution in [3.05, 3.63) is 23.7 Å². The summed E-state index contributed by atoms with van der Waals surface area (Å²) in [6.07, 6.45) is 4.41. The lowest BCUT2D eigenvalue weighted by Gasteiger charge is -2.31. The third kappa shape index (κ3) is 3.16. The molecule has 0 aromatic heterocycles. The smallest absolute Gasteiger partial charge is 0.241 e. The molecule has 3 rings (SSSR count). The molecular formula is C16H21N3O3S. The van der Waals surface area contributed by atoms with Gasteiger partial charge in [-0.25, -0.2) is 4.99 Å². The van der Waals surface area contributed by atoms with Gasteiger partial charge in [-0.2, -0.15) is 0 Å². The molecule has 0 N–H and O–H groups in total. The van der Waals surface area contributed by atoms with Gasteiger partial charge in [0.1, 0.15) is 5.92 Å². The zero-order valence-corrected chi connectivity index (χ0v) is 14.3. The molecule has 3 aliphatic rings. The van der Waals surface area contributed by atoms with Crippen LogP contribution in [0.3, 0.4) is 0 Å². The van der Waals surface area contributed by atoms with Crippen LogP contribution in [0.25, 0.3) is 0 Å². The Morgan fingerprint density at radius 2 is 2.09 bits per heavy atom. The third-order valence-corrected chi connectivity index (χ3v) is 4.64. The van der Waals surface area contributed by atoms with Crippen molar-refractivity contribution in [1.82, 2.24) is 9.80 Å². The van der Waals surface area contributed by atoms with Crippen LogP contribution in [0.5, 0.6) is 0 Å². The number of hydrogen-bond donors (Lipinski definition) is 0. The van der Waals surface area contributed by atoms with E-state index in [1.165, 1.54) is 0 Å². The Bertz CT molecular complexity index is 608. The molecule has 7 heteroatoms. The van der Waals surface area contributed by atoms with Crippen molar-refractivity contribution in [2.75, 3.05) is 33.0 Å². The van der Waals surface area contributed by atoms with E-state index < -0.39 is 5.92 Å². The summed E-state index contributed by atoms with van der Waals surface area (Å²) in [4.78, 5) is 21.1. The molecule has 1 atom stereocenters. The predicted molar refractivity (Wildman–Crippen MR) is 90.8 cm³/mol. The molecule has 0 spiro atoms. The third-order valence-electron chi connectivity index (χ3n) is 4.33. The highest BCUT2D eigenvalue weighted by molar-refractivity contribution is 7.80. The van der Waals surface area contributed by atoms with E-state index in [0.717, 1.165) is 26.1 Å². The largest absolute Gasteiger partial charge is 0.454 e. The first kappa shape index (κ1) is 16.1. The molecular weight excluding hydrogens is 314 g/mol. The Balaban J connectivity index is 1.69. The highest BCUT2D eigenvalue weighted by Gasteiger charge is 2.38. The number of carbonyl (C=O) groups is 1. The predicted octanol–water partition coefficient (Wildman–Crippen LogP) is 1.69. The average Bonchev–Trinajstić information content (AvgIpc) is 3.00. The standard InChI is InChI=1S/C16H21N3O3S/c1-3-18(4-2)6-5-7-19-15(20)11-8-13-14(22-10-21-13)9-12(11)17-16(19)23/h8-9,11H,3-7,10H2,1-2H3. The van der Waals surface area contributed by atoms with Crippen LogP contribution in [-0.4, -0.2) is 59.5 Å². The average molecular weight is 335 g/mol. The minimum atomic E-state index is -0.421. The minimum Gasteiger partial charge on any atom is -0.454 e. The Labute approximate surface area is 141 Å². The second-order valence-corrected chi connectivity index (χ2v) is 5.98. The van der Waals surface area contributed by atoms with Gasteiger partial charge in [-0.15, -0.1) is 0 Å². The fourth-order valence-electron chi connectivity index (χ4n) is 2.93. The van der Waals surface area contributed by atoms with E-state index in [2.05, 4.69) is 23.7 Å². The van der Waals surface area contributed by atoms with Gasteiger partial charge in [-0.05, 0) is 44.3 Å². The summed E-state index contributed by atoms with van der Waals surface area (Å²) >= 11 is 5.31. The second kappa shape index (κ2) is 6.80. The SMILES string of the molecule is CCN(CC)CCCN1C(=O)C2C=C3OCOC3=CC2=NC1=S. The summed E-state index contributed by atoms with van der Waals surface area (Å²) in [5.41, 5.74) is 0.643. The quantitative estimate of drug-likeness (QED) is 0.692. The lowest BCUT2D eigenvalue weighted by Crippen LogP contribution is -2.47. The zero-order valence-electron chi connectivity index (χ0n) is 13.4. The van der Waals surface area contributed by atoms with Crippen molar-refractivity contribution < 1.29 is 14.3 Å². The summed E-state index contributed by atoms with van der Waals surface area (Å²) in [5, 5.41) is 0.341. The molecule has 1 amide bonds. The molecule has 2 aliphatic heterocycles. The molecule has 124 valence electrons. The molecule has 1 saturated heterocycles. The van der Waals surface area contributed by atoms with Gasteiger partial charge >= 0.3 is 0 Å². The lowest BCUT2D eigenvalue weighted by atomic mass is 9.94. The van der Waals surface area contributed by atoms with Crippen LogP contribution < -0.4 is 0 Å². The van der Waals surface area contributed by atoms with Crippen molar-refractivity contribution in [2.45, 2.75) is 20.3 Å². The normalized spacial score (nSPS) is 22.8. The molecule has 2 heterocycles. The van der Waals surface area contributed by atoms with Gasteiger partial charge in [0.05, 0.1) is 5.71 Å². The van der Waals surface area contributed by atoms with Crippen molar-refractivity contribution in [1.29, 1.82) is 0 Å². The van der Waals surface area contributed by atoms with Crippen molar-refractivity contribution >= 4 is 28.9 Å². The maximum atomic E-state index is 12.7. The maximum absolute atomic E-state index is 12.7. The first-order chi connectivity index (χ1) is 11.1. The van der Waals surface area contributed by atoms with Crippen LogP contribution in [0.15, 0.2) is 28.7 Å². The zero-order chi connectivity index (χ0) is 16.4. The molecule has 0 radical (unpaired) electrons. The van der Waals surface area contributed by atoms with E-state index in [1.54, 1.807) is 17.1 Å². The molecule has 0 aromatic carbocycles. The topological polar surface area (TPSA) is 54.4 Å². The second-order valence-electron chi connectivity index (χ2n) is 5.61. The van der Waals surface area contributed by atoms with Crippen LogP contribution in [0.4, 0.5) is 0 Å². The molecule has 23 heavy (non-hydrogen) atoms. The summed E-state index contributed by atoms with van der Waals surface area (Å²) in [5.74, 6) is 0.803. The molecule has 0 bridgehead atoms. The van der Waals surface area contributed by atoms with E-state index in [4.69, 9.17) is 21.7 Å².